The van der Waals surface area contributed by atoms with Crippen LogP contribution in [-0.4, -0.2) is 24.8 Å². The van der Waals surface area contributed by atoms with E-state index in [-0.39, 0.29) is 29.7 Å². The van der Waals surface area contributed by atoms with Gasteiger partial charge in [-0.3, -0.25) is 9.59 Å². The molecule has 1 atom stereocenters. The van der Waals surface area contributed by atoms with Crippen LogP contribution < -0.4 is 15.5 Å². The van der Waals surface area contributed by atoms with Crippen LogP contribution in [0.1, 0.15) is 43.2 Å². The number of carbonyl (C=O) groups is 2. The van der Waals surface area contributed by atoms with E-state index in [2.05, 4.69) is 35.4 Å². The van der Waals surface area contributed by atoms with Crippen molar-refractivity contribution in [3.8, 4) is 0 Å². The molecule has 1 amide bonds. The second-order valence-electron chi connectivity index (χ2n) is 10.2. The average Bonchev–Trinajstić information content (AvgIpc) is 3.32. The van der Waals surface area contributed by atoms with E-state index < -0.39 is 0 Å². The van der Waals surface area contributed by atoms with Crippen molar-refractivity contribution in [2.45, 2.75) is 39.2 Å². The molecule has 0 spiro atoms. The maximum absolute atomic E-state index is 13.6. The predicted octanol–water partition coefficient (Wildman–Crippen LogP) is 6.38. The van der Waals surface area contributed by atoms with Gasteiger partial charge in [-0.15, -0.1) is 11.3 Å². The third-order valence-corrected chi connectivity index (χ3v) is 7.96. The maximum Gasteiger partial charge on any atom is 0.239 e. The first-order valence-corrected chi connectivity index (χ1v) is 13.5. The molecule has 0 saturated carbocycles. The monoisotopic (exact) mass is 519 g/mol. The van der Waals surface area contributed by atoms with E-state index >= 15 is 0 Å². The summed E-state index contributed by atoms with van der Waals surface area (Å²) in [7, 11) is 0. The molecule has 2 heterocycles. The number of anilines is 2. The van der Waals surface area contributed by atoms with Crippen LogP contribution in [0.3, 0.4) is 0 Å². The molecule has 2 aromatic carbocycles. The Morgan fingerprint density at radius 2 is 1.89 bits per heavy atom. The van der Waals surface area contributed by atoms with Crippen LogP contribution in [0.2, 0.25) is 5.02 Å². The lowest BCUT2D eigenvalue weighted by Crippen LogP contribution is -2.42. The Morgan fingerprint density at radius 3 is 2.64 bits per heavy atom. The molecule has 1 aliphatic carbocycles. The fraction of sp³-hybridized carbons (Fsp3) is 0.310. The number of halogens is 1. The number of rotatable bonds is 6. The molecule has 7 heteroatoms. The van der Waals surface area contributed by atoms with E-state index in [1.165, 1.54) is 0 Å². The number of ketones is 1. The molecule has 2 aliphatic rings. The van der Waals surface area contributed by atoms with Crippen molar-refractivity contribution in [2.75, 3.05) is 23.3 Å². The molecule has 2 N–H and O–H groups in total. The van der Waals surface area contributed by atoms with Crippen molar-refractivity contribution in [3.63, 3.8) is 0 Å². The number of carbonyl (C=O) groups excluding carboxylic acids is 2. The molecular weight excluding hydrogens is 490 g/mol. The fourth-order valence-electron chi connectivity index (χ4n) is 5.18. The third kappa shape index (κ3) is 5.20. The van der Waals surface area contributed by atoms with Gasteiger partial charge in [-0.05, 0) is 59.5 Å². The lowest BCUT2D eigenvalue weighted by molar-refractivity contribution is -0.120. The molecule has 5 rings (SSSR count). The topological polar surface area (TPSA) is 61.4 Å². The molecular formula is C29H30ClN3O2S. The summed E-state index contributed by atoms with van der Waals surface area (Å²) >= 11 is 7.60. The van der Waals surface area contributed by atoms with Crippen LogP contribution in [0.15, 0.2) is 77.3 Å². The Labute approximate surface area is 221 Å². The first-order chi connectivity index (χ1) is 17.3. The van der Waals surface area contributed by atoms with E-state index in [0.29, 0.717) is 18.0 Å². The molecule has 186 valence electrons. The zero-order valence-corrected chi connectivity index (χ0v) is 22.1. The second-order valence-corrected chi connectivity index (χ2v) is 11.7. The SMILES string of the molecule is CC1(C)CC(=O)C2=C(C1)Nc1ccccc1N(CC(=O)NCCc1ccc(Cl)cc1)C2c1cccs1. The molecule has 0 saturated heterocycles. The second kappa shape index (κ2) is 10.1. The summed E-state index contributed by atoms with van der Waals surface area (Å²) in [6.07, 6.45) is 2.00. The van der Waals surface area contributed by atoms with Gasteiger partial charge in [0.05, 0.1) is 24.0 Å². The molecule has 36 heavy (non-hydrogen) atoms. The van der Waals surface area contributed by atoms with Gasteiger partial charge in [0, 0.05) is 34.1 Å². The Hall–Kier alpha value is -3.09. The number of nitrogens with zero attached hydrogens (tertiary/aromatic N) is 1. The maximum atomic E-state index is 13.6. The third-order valence-electron chi connectivity index (χ3n) is 6.78. The standard InChI is InChI=1S/C29H30ClN3O2S/c1-29(2)16-22-27(24(34)17-29)28(25-8-5-15-36-25)33(23-7-4-3-6-21(23)32-22)18-26(35)31-14-13-19-9-11-20(30)12-10-19/h3-12,15,28,32H,13-14,16-18H2,1-2H3,(H,31,35). The Morgan fingerprint density at radius 1 is 1.11 bits per heavy atom. The quantitative estimate of drug-likeness (QED) is 0.397. The molecule has 1 aromatic heterocycles. The number of hydrogen-bond acceptors (Lipinski definition) is 5. The van der Waals surface area contributed by atoms with Gasteiger partial charge < -0.3 is 15.5 Å². The van der Waals surface area contributed by atoms with E-state index in [9.17, 15) is 9.59 Å². The van der Waals surface area contributed by atoms with E-state index in [1.54, 1.807) is 11.3 Å². The normalized spacial score (nSPS) is 18.7. The number of para-hydroxylation sites is 2. The number of fused-ring (bicyclic) bond motifs is 1. The predicted molar refractivity (Wildman–Crippen MR) is 148 cm³/mol. The number of Topliss-reactive ketones (excluding diaryl/α,β-unsaturated/α-hetero) is 1. The molecule has 1 aliphatic heterocycles. The van der Waals surface area contributed by atoms with Crippen LogP contribution in [0, 0.1) is 5.41 Å². The van der Waals surface area contributed by atoms with Crippen LogP contribution in [0.5, 0.6) is 0 Å². The minimum absolute atomic E-state index is 0.0760. The number of hydrogen-bond donors (Lipinski definition) is 2. The minimum atomic E-state index is -0.318. The first-order valence-electron chi connectivity index (χ1n) is 12.2. The van der Waals surface area contributed by atoms with Gasteiger partial charge in [0.15, 0.2) is 5.78 Å². The number of allylic oxidation sites excluding steroid dienone is 1. The Bertz CT molecular complexity index is 1300. The summed E-state index contributed by atoms with van der Waals surface area (Å²) in [6, 6.07) is 19.4. The highest BCUT2D eigenvalue weighted by atomic mass is 35.5. The van der Waals surface area contributed by atoms with Crippen molar-refractivity contribution < 1.29 is 9.59 Å². The first kappa shape index (κ1) is 24.6. The van der Waals surface area contributed by atoms with Crippen molar-refractivity contribution >= 4 is 46.0 Å². The molecule has 3 aromatic rings. The number of nitrogens with one attached hydrogen (secondary N) is 2. The summed E-state index contributed by atoms with van der Waals surface area (Å²) in [5.41, 5.74) is 4.58. The van der Waals surface area contributed by atoms with Crippen molar-refractivity contribution in [3.05, 3.63) is 92.8 Å². The summed E-state index contributed by atoms with van der Waals surface area (Å²) in [4.78, 5) is 30.0. The van der Waals surface area contributed by atoms with Gasteiger partial charge in [0.1, 0.15) is 0 Å². The largest absolute Gasteiger partial charge is 0.357 e. The summed E-state index contributed by atoms with van der Waals surface area (Å²) in [5.74, 6) is 0.0704. The van der Waals surface area contributed by atoms with E-state index in [0.717, 1.165) is 45.9 Å². The van der Waals surface area contributed by atoms with Gasteiger partial charge in [-0.25, -0.2) is 0 Å². The van der Waals surface area contributed by atoms with Crippen LogP contribution >= 0.6 is 22.9 Å². The number of amides is 1. The highest BCUT2D eigenvalue weighted by Crippen LogP contribution is 2.48. The summed E-state index contributed by atoms with van der Waals surface area (Å²) in [5, 5.41) is 9.39. The van der Waals surface area contributed by atoms with Crippen LogP contribution in [0.25, 0.3) is 0 Å². The van der Waals surface area contributed by atoms with Crippen LogP contribution in [0.4, 0.5) is 11.4 Å². The lowest BCUT2D eigenvalue weighted by Gasteiger charge is -2.37. The smallest absolute Gasteiger partial charge is 0.239 e. The zero-order valence-electron chi connectivity index (χ0n) is 20.5. The summed E-state index contributed by atoms with van der Waals surface area (Å²) < 4.78 is 0. The van der Waals surface area contributed by atoms with Crippen molar-refractivity contribution in [1.82, 2.24) is 5.32 Å². The minimum Gasteiger partial charge on any atom is -0.357 e. The molecule has 1 unspecified atom stereocenters. The number of benzene rings is 2. The number of thiophene rings is 1. The van der Waals surface area contributed by atoms with Crippen LogP contribution in [-0.2, 0) is 16.0 Å². The highest BCUT2D eigenvalue weighted by Gasteiger charge is 2.42. The van der Waals surface area contributed by atoms with Gasteiger partial charge in [-0.2, -0.15) is 0 Å². The van der Waals surface area contributed by atoms with Gasteiger partial charge in [0.25, 0.3) is 0 Å². The Kier molecular flexibility index (Phi) is 6.91. The van der Waals surface area contributed by atoms with Gasteiger partial charge in [0.2, 0.25) is 5.91 Å². The molecule has 0 radical (unpaired) electrons. The van der Waals surface area contributed by atoms with Crippen molar-refractivity contribution in [2.24, 2.45) is 5.41 Å². The Balaban J connectivity index is 1.46. The van der Waals surface area contributed by atoms with Gasteiger partial charge >= 0.3 is 0 Å². The zero-order chi connectivity index (χ0) is 25.3. The lowest BCUT2D eigenvalue weighted by atomic mass is 9.74. The average molecular weight is 520 g/mol. The molecule has 5 nitrogen and oxygen atoms in total. The fourth-order valence-corrected chi connectivity index (χ4v) is 6.15. The van der Waals surface area contributed by atoms with E-state index in [1.807, 2.05) is 60.0 Å². The molecule has 0 fully saturated rings. The van der Waals surface area contributed by atoms with E-state index in [4.69, 9.17) is 11.6 Å². The summed E-state index contributed by atoms with van der Waals surface area (Å²) in [6.45, 7) is 4.95. The molecule has 0 bridgehead atoms. The van der Waals surface area contributed by atoms with Crippen molar-refractivity contribution in [1.29, 1.82) is 0 Å². The van der Waals surface area contributed by atoms with Gasteiger partial charge in [-0.1, -0.05) is 55.8 Å². The highest BCUT2D eigenvalue weighted by molar-refractivity contribution is 7.10.